The molecule has 1 aromatic carbocycles. The van der Waals surface area contributed by atoms with Gasteiger partial charge in [-0.3, -0.25) is 4.79 Å². The summed E-state index contributed by atoms with van der Waals surface area (Å²) in [7, 11) is 0. The van der Waals surface area contributed by atoms with Crippen molar-refractivity contribution in [2.75, 3.05) is 0 Å². The largest absolute Gasteiger partial charge is 0.478 e. The zero-order valence-corrected chi connectivity index (χ0v) is 13.8. The van der Waals surface area contributed by atoms with Gasteiger partial charge in [0.25, 0.3) is 0 Å². The summed E-state index contributed by atoms with van der Waals surface area (Å²) in [6, 6.07) is 6.33. The quantitative estimate of drug-likeness (QED) is 0.797. The molecule has 120 valence electrons. The van der Waals surface area contributed by atoms with Crippen molar-refractivity contribution in [1.29, 1.82) is 0 Å². The van der Waals surface area contributed by atoms with E-state index in [4.69, 9.17) is 5.11 Å². The summed E-state index contributed by atoms with van der Waals surface area (Å²) in [6.45, 7) is 3.94. The fourth-order valence-corrected chi connectivity index (χ4v) is 2.84. The summed E-state index contributed by atoms with van der Waals surface area (Å²) < 4.78 is 0. The molecule has 2 aromatic rings. The van der Waals surface area contributed by atoms with Crippen LogP contribution >= 0.6 is 11.3 Å². The predicted octanol–water partition coefficient (Wildman–Crippen LogP) is 3.30. The highest BCUT2D eigenvalue weighted by Crippen LogP contribution is 2.26. The minimum absolute atomic E-state index is 0.216. The van der Waals surface area contributed by atoms with Crippen molar-refractivity contribution in [1.82, 2.24) is 10.3 Å². The van der Waals surface area contributed by atoms with E-state index in [1.807, 2.05) is 19.2 Å². The molecule has 0 saturated carbocycles. The van der Waals surface area contributed by atoms with Gasteiger partial charge < -0.3 is 10.4 Å². The molecule has 1 heterocycles. The average molecular weight is 330 g/mol. The summed E-state index contributed by atoms with van der Waals surface area (Å²) >= 11 is 1.51. The van der Waals surface area contributed by atoms with Crippen LogP contribution in [0.25, 0.3) is 6.08 Å². The molecule has 0 fully saturated rings. The van der Waals surface area contributed by atoms with Gasteiger partial charge in [-0.05, 0) is 37.1 Å². The average Bonchev–Trinajstić information content (AvgIpc) is 3.08. The smallest absolute Gasteiger partial charge is 0.335 e. The van der Waals surface area contributed by atoms with Crippen molar-refractivity contribution in [3.05, 3.63) is 58.1 Å². The second kappa shape index (κ2) is 7.19. The van der Waals surface area contributed by atoms with Crippen molar-refractivity contribution >= 4 is 29.3 Å². The Hall–Kier alpha value is -2.47. The van der Waals surface area contributed by atoms with E-state index in [1.165, 1.54) is 29.5 Å². The highest BCUT2D eigenvalue weighted by atomic mass is 32.1. The van der Waals surface area contributed by atoms with Crippen molar-refractivity contribution in [2.45, 2.75) is 25.8 Å². The number of carbonyl (C=O) groups is 2. The van der Waals surface area contributed by atoms with E-state index in [9.17, 15) is 9.59 Å². The molecule has 5 nitrogen and oxygen atoms in total. The Morgan fingerprint density at radius 3 is 2.57 bits per heavy atom. The lowest BCUT2D eigenvalue weighted by molar-refractivity contribution is -0.118. The number of aromatic carboxylic acids is 1. The van der Waals surface area contributed by atoms with Crippen molar-refractivity contribution in [3.63, 3.8) is 0 Å². The van der Waals surface area contributed by atoms with Gasteiger partial charge in [0.05, 0.1) is 11.1 Å². The number of carbonyl (C=O) groups excluding carboxylic acids is 1. The molecule has 1 amide bonds. The van der Waals surface area contributed by atoms with Gasteiger partial charge in [-0.1, -0.05) is 19.1 Å². The normalized spacial score (nSPS) is 13.7. The topological polar surface area (TPSA) is 79.3 Å². The highest BCUT2D eigenvalue weighted by molar-refractivity contribution is 7.09. The lowest BCUT2D eigenvalue weighted by Gasteiger charge is -2.26. The first-order valence-electron chi connectivity index (χ1n) is 7.18. The Morgan fingerprint density at radius 1 is 1.35 bits per heavy atom. The molecule has 1 aromatic heterocycles. The molecule has 1 atom stereocenters. The Morgan fingerprint density at radius 2 is 2.04 bits per heavy atom. The standard InChI is InChI=1S/C17H18N2O3S/c1-3-17(2,16-18-10-11-23-16)19-14(20)9-6-12-4-7-13(8-5-12)15(21)22/h4-11H,3H2,1-2H3,(H,19,20)(H,21,22)/b9-6+/t17-/m1/s1. The number of amides is 1. The van der Waals surface area contributed by atoms with Crippen LogP contribution in [0, 0.1) is 0 Å². The van der Waals surface area contributed by atoms with Crippen LogP contribution in [0.15, 0.2) is 41.9 Å². The van der Waals surface area contributed by atoms with Crippen LogP contribution in [0.4, 0.5) is 0 Å². The summed E-state index contributed by atoms with van der Waals surface area (Å²) in [5, 5.41) is 14.6. The molecule has 23 heavy (non-hydrogen) atoms. The predicted molar refractivity (Wildman–Crippen MR) is 90.3 cm³/mol. The SMILES string of the molecule is CC[C@@](C)(NC(=O)/C=C/c1ccc(C(=O)O)cc1)c1nccs1. The fraction of sp³-hybridized carbons (Fsp3) is 0.235. The van der Waals surface area contributed by atoms with Crippen LogP contribution in [0.3, 0.4) is 0 Å². The maximum absolute atomic E-state index is 12.1. The monoisotopic (exact) mass is 330 g/mol. The van der Waals surface area contributed by atoms with Gasteiger partial charge in [0.1, 0.15) is 5.01 Å². The molecule has 0 radical (unpaired) electrons. The zero-order chi connectivity index (χ0) is 16.9. The van der Waals surface area contributed by atoms with Crippen LogP contribution in [-0.2, 0) is 10.3 Å². The first kappa shape index (κ1) is 16.9. The summed E-state index contributed by atoms with van der Waals surface area (Å²) in [5.74, 6) is -1.19. The molecule has 2 N–H and O–H groups in total. The van der Waals surface area contributed by atoms with E-state index in [0.717, 1.165) is 17.0 Å². The molecule has 0 unspecified atom stereocenters. The van der Waals surface area contributed by atoms with Crippen molar-refractivity contribution in [2.24, 2.45) is 0 Å². The molecule has 0 spiro atoms. The number of benzene rings is 1. The van der Waals surface area contributed by atoms with Crippen LogP contribution in [0.1, 0.15) is 41.2 Å². The second-order valence-electron chi connectivity index (χ2n) is 5.27. The van der Waals surface area contributed by atoms with Gasteiger partial charge in [0.2, 0.25) is 5.91 Å². The Kier molecular flexibility index (Phi) is 5.28. The van der Waals surface area contributed by atoms with Crippen molar-refractivity contribution in [3.8, 4) is 0 Å². The van der Waals surface area contributed by atoms with E-state index < -0.39 is 11.5 Å². The lowest BCUT2D eigenvalue weighted by Crippen LogP contribution is -2.42. The number of nitrogens with zero attached hydrogens (tertiary/aromatic N) is 1. The second-order valence-corrected chi connectivity index (χ2v) is 6.17. The Labute approximate surface area is 138 Å². The molecule has 6 heteroatoms. The minimum atomic E-state index is -0.972. The van der Waals surface area contributed by atoms with E-state index in [1.54, 1.807) is 24.4 Å². The Bertz CT molecular complexity index is 708. The summed E-state index contributed by atoms with van der Waals surface area (Å²) in [6.07, 6.45) is 5.55. The summed E-state index contributed by atoms with van der Waals surface area (Å²) in [4.78, 5) is 27.2. The van der Waals surface area contributed by atoms with E-state index >= 15 is 0 Å². The van der Waals surface area contributed by atoms with Crippen LogP contribution in [0.2, 0.25) is 0 Å². The molecule has 0 bridgehead atoms. The van der Waals surface area contributed by atoms with E-state index in [-0.39, 0.29) is 11.5 Å². The first-order valence-corrected chi connectivity index (χ1v) is 8.06. The van der Waals surface area contributed by atoms with Gasteiger partial charge in [-0.15, -0.1) is 11.3 Å². The van der Waals surface area contributed by atoms with Crippen LogP contribution < -0.4 is 5.32 Å². The third-order valence-electron chi connectivity index (χ3n) is 3.60. The number of hydrogen-bond donors (Lipinski definition) is 2. The van der Waals surface area contributed by atoms with Crippen LogP contribution in [0.5, 0.6) is 0 Å². The van der Waals surface area contributed by atoms with Crippen LogP contribution in [-0.4, -0.2) is 22.0 Å². The molecule has 0 aliphatic heterocycles. The molecule has 2 rings (SSSR count). The van der Waals surface area contributed by atoms with E-state index in [0.29, 0.717) is 0 Å². The highest BCUT2D eigenvalue weighted by Gasteiger charge is 2.28. The van der Waals surface area contributed by atoms with Gasteiger partial charge in [-0.25, -0.2) is 9.78 Å². The van der Waals surface area contributed by atoms with Gasteiger partial charge in [0.15, 0.2) is 0 Å². The number of carboxylic acid groups (broad SMARTS) is 1. The van der Waals surface area contributed by atoms with Gasteiger partial charge in [0, 0.05) is 17.7 Å². The van der Waals surface area contributed by atoms with Crippen molar-refractivity contribution < 1.29 is 14.7 Å². The third kappa shape index (κ3) is 4.26. The molecule has 0 aliphatic rings. The number of carboxylic acids is 1. The molecule has 0 saturated heterocycles. The first-order chi connectivity index (χ1) is 10.9. The maximum Gasteiger partial charge on any atom is 0.335 e. The summed E-state index contributed by atoms with van der Waals surface area (Å²) in [5.41, 5.74) is 0.481. The van der Waals surface area contributed by atoms with Gasteiger partial charge >= 0.3 is 5.97 Å². The minimum Gasteiger partial charge on any atom is -0.478 e. The van der Waals surface area contributed by atoms with Gasteiger partial charge in [-0.2, -0.15) is 0 Å². The number of hydrogen-bond acceptors (Lipinski definition) is 4. The maximum atomic E-state index is 12.1. The zero-order valence-electron chi connectivity index (χ0n) is 12.9. The van der Waals surface area contributed by atoms with E-state index in [2.05, 4.69) is 10.3 Å². The third-order valence-corrected chi connectivity index (χ3v) is 4.63. The molecular formula is C17H18N2O3S. The number of aromatic nitrogens is 1. The number of rotatable bonds is 6. The number of nitrogens with one attached hydrogen (secondary N) is 1. The fourth-order valence-electron chi connectivity index (χ4n) is 2.01. The lowest BCUT2D eigenvalue weighted by atomic mass is 10.00. The molecule has 0 aliphatic carbocycles. The number of thiazole rings is 1. The molecular weight excluding hydrogens is 312 g/mol. The Balaban J connectivity index is 2.05.